The van der Waals surface area contributed by atoms with E-state index in [1.165, 1.54) is 25.1 Å². The van der Waals surface area contributed by atoms with Crippen LogP contribution in [0.15, 0.2) is 41.1 Å². The summed E-state index contributed by atoms with van der Waals surface area (Å²) in [5.74, 6) is -1.52. The van der Waals surface area contributed by atoms with Crippen LogP contribution in [0.25, 0.3) is 0 Å². The molecule has 8 nitrogen and oxygen atoms in total. The summed E-state index contributed by atoms with van der Waals surface area (Å²) in [6.07, 6.45) is 1.21. The summed E-state index contributed by atoms with van der Waals surface area (Å²) in [6.45, 7) is 3.80. The zero-order valence-corrected chi connectivity index (χ0v) is 12.5. The first-order valence-electron chi connectivity index (χ1n) is 6.81. The van der Waals surface area contributed by atoms with Gasteiger partial charge in [0.05, 0.1) is 12.2 Å². The maximum atomic E-state index is 12.1. The molecule has 120 valence electrons. The van der Waals surface area contributed by atoms with Crippen molar-refractivity contribution in [1.82, 2.24) is 0 Å². The molecule has 0 bridgehead atoms. The summed E-state index contributed by atoms with van der Waals surface area (Å²) in [5.41, 5.74) is 0.423. The molecule has 0 saturated heterocycles. The molecule has 2 rings (SSSR count). The third-order valence-electron chi connectivity index (χ3n) is 2.96. The van der Waals surface area contributed by atoms with Crippen molar-refractivity contribution in [3.63, 3.8) is 0 Å². The standard InChI is InChI=1S/C15H14N2O6/c1-3-22-11-6-4-10(5-7-11)15(19)23-12-8-9(2)16-14(18)13(12)17(20)21/h4-8,13H,3H2,1-2H3. The summed E-state index contributed by atoms with van der Waals surface area (Å²) in [4.78, 5) is 37.3. The normalized spacial score (nSPS) is 17.1. The molecular weight excluding hydrogens is 304 g/mol. The molecule has 1 aromatic rings. The predicted molar refractivity (Wildman–Crippen MR) is 80.0 cm³/mol. The van der Waals surface area contributed by atoms with E-state index in [1.54, 1.807) is 12.1 Å². The van der Waals surface area contributed by atoms with Crippen LogP contribution in [0.4, 0.5) is 0 Å². The molecule has 1 amide bonds. The number of hydrogen-bond acceptors (Lipinski definition) is 6. The first-order chi connectivity index (χ1) is 10.9. The molecule has 0 aromatic heterocycles. The minimum atomic E-state index is -1.80. The van der Waals surface area contributed by atoms with Crippen molar-refractivity contribution in [3.8, 4) is 5.75 Å². The number of amides is 1. The number of nitrogens with zero attached hydrogens (tertiary/aromatic N) is 2. The number of rotatable bonds is 5. The van der Waals surface area contributed by atoms with Crippen LogP contribution in [0.1, 0.15) is 24.2 Å². The van der Waals surface area contributed by atoms with E-state index in [9.17, 15) is 19.7 Å². The highest BCUT2D eigenvalue weighted by Gasteiger charge is 2.39. The molecule has 0 aliphatic carbocycles. The summed E-state index contributed by atoms with van der Waals surface area (Å²) in [7, 11) is 0. The lowest BCUT2D eigenvalue weighted by Crippen LogP contribution is -2.35. The van der Waals surface area contributed by atoms with Crippen LogP contribution < -0.4 is 4.74 Å². The van der Waals surface area contributed by atoms with Crippen molar-refractivity contribution >= 4 is 17.6 Å². The number of benzene rings is 1. The molecule has 23 heavy (non-hydrogen) atoms. The highest BCUT2D eigenvalue weighted by Crippen LogP contribution is 2.19. The lowest BCUT2D eigenvalue weighted by molar-refractivity contribution is -0.501. The number of aliphatic imine (C=N–C) groups is 1. The Balaban J connectivity index is 2.19. The van der Waals surface area contributed by atoms with E-state index in [-0.39, 0.29) is 17.0 Å². The molecule has 1 atom stereocenters. The number of nitro groups is 1. The van der Waals surface area contributed by atoms with E-state index in [4.69, 9.17) is 9.47 Å². The van der Waals surface area contributed by atoms with E-state index >= 15 is 0 Å². The van der Waals surface area contributed by atoms with Gasteiger partial charge in [0.25, 0.3) is 0 Å². The average Bonchev–Trinajstić information content (AvgIpc) is 2.47. The topological polar surface area (TPSA) is 108 Å². The Morgan fingerprint density at radius 1 is 1.35 bits per heavy atom. The van der Waals surface area contributed by atoms with E-state index in [2.05, 4.69) is 4.99 Å². The van der Waals surface area contributed by atoms with E-state index in [1.807, 2.05) is 6.92 Å². The fourth-order valence-electron chi connectivity index (χ4n) is 1.97. The van der Waals surface area contributed by atoms with Crippen LogP contribution in [0.5, 0.6) is 5.75 Å². The van der Waals surface area contributed by atoms with Gasteiger partial charge in [0, 0.05) is 16.7 Å². The van der Waals surface area contributed by atoms with Crippen LogP contribution >= 0.6 is 0 Å². The van der Waals surface area contributed by atoms with Gasteiger partial charge in [-0.1, -0.05) is 0 Å². The van der Waals surface area contributed by atoms with Gasteiger partial charge >= 0.3 is 17.9 Å². The molecule has 0 saturated carbocycles. The van der Waals surface area contributed by atoms with E-state index in [0.29, 0.717) is 12.4 Å². The van der Waals surface area contributed by atoms with Gasteiger partial charge in [-0.05, 0) is 38.1 Å². The number of ether oxygens (including phenoxy) is 2. The fourth-order valence-corrected chi connectivity index (χ4v) is 1.97. The molecule has 1 heterocycles. The smallest absolute Gasteiger partial charge is 0.348 e. The summed E-state index contributed by atoms with van der Waals surface area (Å²) < 4.78 is 10.3. The highest BCUT2D eigenvalue weighted by atomic mass is 16.6. The molecule has 1 aliphatic rings. The van der Waals surface area contributed by atoms with Crippen molar-refractivity contribution in [2.24, 2.45) is 4.99 Å². The predicted octanol–water partition coefficient (Wildman–Crippen LogP) is 1.77. The van der Waals surface area contributed by atoms with Crippen molar-refractivity contribution < 1.29 is 24.0 Å². The van der Waals surface area contributed by atoms with E-state index < -0.39 is 22.8 Å². The second kappa shape index (κ2) is 6.82. The van der Waals surface area contributed by atoms with Crippen LogP contribution in [0, 0.1) is 10.1 Å². The molecule has 0 radical (unpaired) electrons. The zero-order chi connectivity index (χ0) is 17.0. The van der Waals surface area contributed by atoms with Crippen molar-refractivity contribution in [3.05, 3.63) is 51.8 Å². The summed E-state index contributed by atoms with van der Waals surface area (Å²) >= 11 is 0. The van der Waals surface area contributed by atoms with Crippen LogP contribution in [-0.2, 0) is 9.53 Å². The Kier molecular flexibility index (Phi) is 4.85. The Morgan fingerprint density at radius 3 is 2.57 bits per heavy atom. The molecular formula is C15H14N2O6. The number of allylic oxidation sites excluding steroid dienone is 1. The first kappa shape index (κ1) is 16.3. The Bertz CT molecular complexity index is 705. The third kappa shape index (κ3) is 3.79. The molecule has 0 fully saturated rings. The number of dihydropyridines is 1. The van der Waals surface area contributed by atoms with Gasteiger partial charge in [-0.2, -0.15) is 0 Å². The Hall–Kier alpha value is -3.03. The minimum Gasteiger partial charge on any atom is -0.494 e. The zero-order valence-electron chi connectivity index (χ0n) is 12.5. The van der Waals surface area contributed by atoms with Crippen LogP contribution in [0.3, 0.4) is 0 Å². The van der Waals surface area contributed by atoms with Gasteiger partial charge in [0.15, 0.2) is 5.76 Å². The van der Waals surface area contributed by atoms with Crippen molar-refractivity contribution in [1.29, 1.82) is 0 Å². The molecule has 1 aromatic carbocycles. The number of carbonyl (C=O) groups excluding carboxylic acids is 2. The largest absolute Gasteiger partial charge is 0.494 e. The van der Waals surface area contributed by atoms with Crippen LogP contribution in [-0.4, -0.2) is 35.2 Å². The molecule has 0 spiro atoms. The van der Waals surface area contributed by atoms with E-state index in [0.717, 1.165) is 0 Å². The highest BCUT2D eigenvalue weighted by molar-refractivity contribution is 6.06. The molecule has 1 aliphatic heterocycles. The number of hydrogen-bond donors (Lipinski definition) is 0. The monoisotopic (exact) mass is 318 g/mol. The molecule has 1 unspecified atom stereocenters. The third-order valence-corrected chi connectivity index (χ3v) is 2.96. The van der Waals surface area contributed by atoms with Crippen molar-refractivity contribution in [2.45, 2.75) is 19.9 Å². The summed E-state index contributed by atoms with van der Waals surface area (Å²) in [6, 6.07) is 4.31. The van der Waals surface area contributed by atoms with Gasteiger partial charge in [0.1, 0.15) is 5.75 Å². The number of carbonyl (C=O) groups is 2. The van der Waals surface area contributed by atoms with Gasteiger partial charge in [0.2, 0.25) is 0 Å². The van der Waals surface area contributed by atoms with Gasteiger partial charge in [-0.15, -0.1) is 0 Å². The first-order valence-corrected chi connectivity index (χ1v) is 6.81. The summed E-state index contributed by atoms with van der Waals surface area (Å²) in [5, 5.41) is 11.0. The number of esters is 1. The lowest BCUT2D eigenvalue weighted by Gasteiger charge is -2.14. The second-order valence-corrected chi connectivity index (χ2v) is 4.67. The Morgan fingerprint density at radius 2 is 2.00 bits per heavy atom. The fraction of sp³-hybridized carbons (Fsp3) is 0.267. The SMILES string of the molecule is CCOc1ccc(C(=O)OC2=CC(C)=NC(=O)C2[N+](=O)[O-])cc1. The maximum absolute atomic E-state index is 12.1. The quantitative estimate of drug-likeness (QED) is 0.465. The molecule has 0 N–H and O–H groups in total. The Labute approximate surface area is 131 Å². The lowest BCUT2D eigenvalue weighted by atomic mass is 10.1. The minimum absolute atomic E-state index is 0.184. The van der Waals surface area contributed by atoms with Crippen LogP contribution in [0.2, 0.25) is 0 Å². The van der Waals surface area contributed by atoms with Crippen molar-refractivity contribution in [2.75, 3.05) is 6.61 Å². The second-order valence-electron chi connectivity index (χ2n) is 4.67. The maximum Gasteiger partial charge on any atom is 0.348 e. The van der Waals surface area contributed by atoms with Gasteiger partial charge in [-0.25, -0.2) is 9.79 Å². The van der Waals surface area contributed by atoms with Gasteiger partial charge in [-0.3, -0.25) is 14.9 Å². The van der Waals surface area contributed by atoms with Gasteiger partial charge < -0.3 is 9.47 Å². The molecule has 8 heteroatoms. The average molecular weight is 318 g/mol.